The molecule has 0 aromatic heterocycles. The van der Waals surface area contributed by atoms with E-state index in [1.165, 1.54) is 30.3 Å². The predicted molar refractivity (Wildman–Crippen MR) is 76.5 cm³/mol. The fourth-order valence-electron chi connectivity index (χ4n) is 1.80. The Morgan fingerprint density at radius 1 is 1.10 bits per heavy atom. The number of hydrogen-bond donors (Lipinski definition) is 1. The summed E-state index contributed by atoms with van der Waals surface area (Å²) in [5.41, 5.74) is 0.801. The van der Waals surface area contributed by atoms with Gasteiger partial charge in [0.25, 0.3) is 0 Å². The Balaban J connectivity index is 1.98. The highest BCUT2D eigenvalue weighted by Gasteiger charge is 2.06. The molecule has 0 saturated carbocycles. The Hall–Kier alpha value is -1.98. The Bertz CT molecular complexity index is 590. The summed E-state index contributed by atoms with van der Waals surface area (Å²) in [4.78, 5) is 0. The number of hydrogen-bond acceptors (Lipinski definition) is 3. The molecule has 0 unspecified atom stereocenters. The summed E-state index contributed by atoms with van der Waals surface area (Å²) in [7, 11) is 1.62. The van der Waals surface area contributed by atoms with Crippen LogP contribution in [0.2, 0.25) is 0 Å². The van der Waals surface area contributed by atoms with Crippen LogP contribution in [0.1, 0.15) is 5.56 Å². The Morgan fingerprint density at radius 2 is 1.95 bits per heavy atom. The van der Waals surface area contributed by atoms with Crippen molar-refractivity contribution in [3.8, 4) is 11.5 Å². The molecule has 0 aliphatic heterocycles. The van der Waals surface area contributed by atoms with E-state index >= 15 is 0 Å². The number of methoxy groups -OCH3 is 1. The van der Waals surface area contributed by atoms with E-state index in [9.17, 15) is 8.78 Å². The molecule has 2 aromatic carbocycles. The van der Waals surface area contributed by atoms with Crippen LogP contribution in [0.3, 0.4) is 0 Å². The number of halogens is 2. The molecule has 21 heavy (non-hydrogen) atoms. The van der Waals surface area contributed by atoms with Crippen LogP contribution in [0.25, 0.3) is 0 Å². The molecule has 0 fully saturated rings. The lowest BCUT2D eigenvalue weighted by molar-refractivity contribution is 0.199. The molecule has 112 valence electrons. The quantitative estimate of drug-likeness (QED) is 0.793. The normalized spacial score (nSPS) is 10.6. The first-order valence-electron chi connectivity index (χ1n) is 6.60. The van der Waals surface area contributed by atoms with E-state index < -0.39 is 11.6 Å². The molecule has 0 radical (unpaired) electrons. The van der Waals surface area contributed by atoms with Crippen molar-refractivity contribution in [1.82, 2.24) is 5.32 Å². The van der Waals surface area contributed by atoms with E-state index in [2.05, 4.69) is 5.32 Å². The molecule has 0 saturated heterocycles. The highest BCUT2D eigenvalue weighted by Crippen LogP contribution is 2.25. The van der Waals surface area contributed by atoms with Crippen molar-refractivity contribution in [2.75, 3.05) is 20.3 Å². The maximum Gasteiger partial charge on any atom is 0.166 e. The third-order valence-corrected chi connectivity index (χ3v) is 2.83. The van der Waals surface area contributed by atoms with Crippen molar-refractivity contribution in [3.63, 3.8) is 0 Å². The van der Waals surface area contributed by atoms with E-state index in [1.54, 1.807) is 19.2 Å². The van der Waals surface area contributed by atoms with Gasteiger partial charge >= 0.3 is 0 Å². The van der Waals surface area contributed by atoms with Crippen LogP contribution >= 0.6 is 0 Å². The van der Waals surface area contributed by atoms with Gasteiger partial charge in [-0.25, -0.2) is 8.78 Å². The fourth-order valence-corrected chi connectivity index (χ4v) is 1.80. The average molecular weight is 293 g/mol. The minimum absolute atomic E-state index is 0.0706. The second-order valence-electron chi connectivity index (χ2n) is 4.49. The Morgan fingerprint density at radius 3 is 2.67 bits per heavy atom. The minimum atomic E-state index is -0.481. The van der Waals surface area contributed by atoms with E-state index in [4.69, 9.17) is 9.47 Å². The van der Waals surface area contributed by atoms with Gasteiger partial charge in [0.1, 0.15) is 11.6 Å². The van der Waals surface area contributed by atoms with Crippen molar-refractivity contribution >= 4 is 0 Å². The van der Waals surface area contributed by atoms with Crippen molar-refractivity contribution in [2.45, 2.75) is 6.54 Å². The zero-order valence-electron chi connectivity index (χ0n) is 11.7. The van der Waals surface area contributed by atoms with Gasteiger partial charge in [0.05, 0.1) is 6.61 Å². The van der Waals surface area contributed by atoms with Gasteiger partial charge in [-0.1, -0.05) is 12.1 Å². The van der Waals surface area contributed by atoms with Gasteiger partial charge in [-0.3, -0.25) is 0 Å². The van der Waals surface area contributed by atoms with Crippen LogP contribution in [-0.4, -0.2) is 20.3 Å². The minimum Gasteiger partial charge on any atom is -0.454 e. The molecule has 0 aliphatic rings. The van der Waals surface area contributed by atoms with Crippen molar-refractivity contribution < 1.29 is 18.3 Å². The number of nitrogens with one attached hydrogen (secondary N) is 1. The van der Waals surface area contributed by atoms with E-state index in [0.717, 1.165) is 5.56 Å². The molecule has 0 spiro atoms. The Labute approximate surface area is 122 Å². The van der Waals surface area contributed by atoms with Crippen LogP contribution in [0.5, 0.6) is 11.5 Å². The van der Waals surface area contributed by atoms with Crippen LogP contribution in [-0.2, 0) is 11.3 Å². The first-order valence-corrected chi connectivity index (χ1v) is 6.60. The lowest BCUT2D eigenvalue weighted by Crippen LogP contribution is -2.18. The average Bonchev–Trinajstić information content (AvgIpc) is 2.46. The molecule has 0 atom stereocenters. The summed E-state index contributed by atoms with van der Waals surface area (Å²) >= 11 is 0. The summed E-state index contributed by atoms with van der Waals surface area (Å²) in [6.45, 7) is 1.84. The van der Waals surface area contributed by atoms with Gasteiger partial charge in [-0.2, -0.15) is 0 Å². The highest BCUT2D eigenvalue weighted by atomic mass is 19.1. The van der Waals surface area contributed by atoms with Crippen LogP contribution in [0.4, 0.5) is 8.78 Å². The zero-order chi connectivity index (χ0) is 15.1. The van der Waals surface area contributed by atoms with E-state index in [1.807, 2.05) is 0 Å². The topological polar surface area (TPSA) is 30.5 Å². The lowest BCUT2D eigenvalue weighted by atomic mass is 10.2. The molecule has 5 heteroatoms. The van der Waals surface area contributed by atoms with E-state index in [0.29, 0.717) is 19.7 Å². The smallest absolute Gasteiger partial charge is 0.166 e. The van der Waals surface area contributed by atoms with Gasteiger partial charge in [-0.15, -0.1) is 0 Å². The molecule has 0 heterocycles. The van der Waals surface area contributed by atoms with Gasteiger partial charge in [0.15, 0.2) is 11.6 Å². The molecular weight excluding hydrogens is 276 g/mol. The maximum absolute atomic E-state index is 13.9. The second-order valence-corrected chi connectivity index (χ2v) is 4.49. The lowest BCUT2D eigenvalue weighted by Gasteiger charge is -2.09. The molecule has 0 bridgehead atoms. The third kappa shape index (κ3) is 4.81. The molecule has 1 N–H and O–H groups in total. The van der Waals surface area contributed by atoms with Gasteiger partial charge in [0, 0.05) is 26.3 Å². The molecule has 3 nitrogen and oxygen atoms in total. The Kier molecular flexibility index (Phi) is 5.66. The van der Waals surface area contributed by atoms with Crippen molar-refractivity contribution in [2.24, 2.45) is 0 Å². The van der Waals surface area contributed by atoms with Crippen LogP contribution in [0, 0.1) is 11.6 Å². The van der Waals surface area contributed by atoms with Gasteiger partial charge in [0.2, 0.25) is 0 Å². The summed E-state index contributed by atoms with van der Waals surface area (Å²) in [6, 6.07) is 10.3. The summed E-state index contributed by atoms with van der Waals surface area (Å²) in [5.74, 6) is -0.571. The second kappa shape index (κ2) is 7.71. The fraction of sp³-hybridized carbons (Fsp3) is 0.250. The third-order valence-electron chi connectivity index (χ3n) is 2.83. The monoisotopic (exact) mass is 293 g/mol. The standard InChI is InChI=1S/C16H17F2NO2/c1-20-8-7-19-11-12-5-6-16(15(18)9-12)21-14-4-2-3-13(17)10-14/h2-6,9-10,19H,7-8,11H2,1H3. The van der Waals surface area contributed by atoms with Gasteiger partial charge in [-0.05, 0) is 29.8 Å². The number of rotatable bonds is 7. The van der Waals surface area contributed by atoms with E-state index in [-0.39, 0.29) is 11.5 Å². The zero-order valence-corrected chi connectivity index (χ0v) is 11.7. The van der Waals surface area contributed by atoms with Crippen molar-refractivity contribution in [1.29, 1.82) is 0 Å². The first kappa shape index (κ1) is 15.4. The van der Waals surface area contributed by atoms with Gasteiger partial charge < -0.3 is 14.8 Å². The molecule has 0 amide bonds. The molecule has 2 rings (SSSR count). The predicted octanol–water partition coefficient (Wildman–Crippen LogP) is 3.49. The summed E-state index contributed by atoms with van der Waals surface area (Å²) in [6.07, 6.45) is 0. The largest absolute Gasteiger partial charge is 0.454 e. The first-order chi connectivity index (χ1) is 10.2. The SMILES string of the molecule is COCCNCc1ccc(Oc2cccc(F)c2)c(F)c1. The number of benzene rings is 2. The van der Waals surface area contributed by atoms with Crippen LogP contribution in [0.15, 0.2) is 42.5 Å². The van der Waals surface area contributed by atoms with Crippen LogP contribution < -0.4 is 10.1 Å². The molecule has 0 aliphatic carbocycles. The molecule has 2 aromatic rings. The highest BCUT2D eigenvalue weighted by molar-refractivity contribution is 5.34. The number of ether oxygens (including phenoxy) is 2. The van der Waals surface area contributed by atoms with Crippen molar-refractivity contribution in [3.05, 3.63) is 59.7 Å². The molecular formula is C16H17F2NO2. The summed E-state index contributed by atoms with van der Waals surface area (Å²) < 4.78 is 37.2. The maximum atomic E-state index is 13.9. The summed E-state index contributed by atoms with van der Waals surface area (Å²) in [5, 5.41) is 3.12.